The van der Waals surface area contributed by atoms with Crippen LogP contribution in [0, 0.1) is 0 Å². The summed E-state index contributed by atoms with van der Waals surface area (Å²) in [5.74, 6) is -1.53. The fourth-order valence-electron chi connectivity index (χ4n) is 1.10. The maximum atomic E-state index is 11.2. The van der Waals surface area contributed by atoms with E-state index >= 15 is 0 Å². The number of carbonyl (C=O) groups is 3. The van der Waals surface area contributed by atoms with Crippen molar-refractivity contribution < 1.29 is 14.4 Å². The zero-order valence-electron chi connectivity index (χ0n) is 7.34. The number of imide groups is 1. The normalized spacial score (nSPS) is 11.4. The molecule has 0 radical (unpaired) electrons. The van der Waals surface area contributed by atoms with Crippen LogP contribution in [0.4, 0.5) is 0 Å². The molecule has 0 aliphatic carbocycles. The summed E-state index contributed by atoms with van der Waals surface area (Å²) >= 11 is 0. The van der Waals surface area contributed by atoms with E-state index in [4.69, 9.17) is 0 Å². The molecule has 2 amide bonds. The van der Waals surface area contributed by atoms with E-state index in [2.05, 4.69) is 0 Å². The Morgan fingerprint density at radius 2 is 1.86 bits per heavy atom. The van der Waals surface area contributed by atoms with E-state index < -0.39 is 11.8 Å². The first-order valence-corrected chi connectivity index (χ1v) is 4.04. The third-order valence-electron chi connectivity index (χ3n) is 1.78. The van der Waals surface area contributed by atoms with E-state index in [1.54, 1.807) is 30.3 Å². The van der Waals surface area contributed by atoms with Crippen LogP contribution in [0.1, 0.15) is 11.5 Å². The van der Waals surface area contributed by atoms with Crippen molar-refractivity contribution >= 4 is 18.6 Å². The van der Waals surface area contributed by atoms with Gasteiger partial charge in [0.05, 0.1) is 0 Å². The largest absolute Gasteiger partial charge is 0.302 e. The molecule has 1 aromatic rings. The Kier molecular flexibility index (Phi) is 3.55. The van der Waals surface area contributed by atoms with Crippen molar-refractivity contribution in [3.63, 3.8) is 0 Å². The van der Waals surface area contributed by atoms with Crippen molar-refractivity contribution in [3.05, 3.63) is 35.9 Å². The Morgan fingerprint density at radius 3 is 2.36 bits per heavy atom. The molecular weight excluding hydrogens is 182 g/mol. The predicted molar refractivity (Wildman–Crippen MR) is 49.5 cm³/mol. The molecule has 0 aromatic heterocycles. The molecule has 4 nitrogen and oxygen atoms in total. The monoisotopic (exact) mass is 191 g/mol. The first-order chi connectivity index (χ1) is 6.79. The summed E-state index contributed by atoms with van der Waals surface area (Å²) < 4.78 is 0. The number of benzene rings is 1. The zero-order valence-corrected chi connectivity index (χ0v) is 7.34. The van der Waals surface area contributed by atoms with E-state index in [0.717, 1.165) is 0 Å². The third-order valence-corrected chi connectivity index (χ3v) is 1.78. The molecule has 0 saturated carbocycles. The number of carbonyl (C=O) groups excluding carboxylic acids is 3. The van der Waals surface area contributed by atoms with Gasteiger partial charge in [0.1, 0.15) is 12.2 Å². The van der Waals surface area contributed by atoms with Gasteiger partial charge in [0.2, 0.25) is 12.3 Å². The third kappa shape index (κ3) is 2.26. The minimum absolute atomic E-state index is 0.266. The second-order valence-corrected chi connectivity index (χ2v) is 2.65. The SMILES string of the molecule is O=CNC(=O)C(C=O)c1ccccc1. The van der Waals surface area contributed by atoms with Gasteiger partial charge in [-0.25, -0.2) is 0 Å². The van der Waals surface area contributed by atoms with E-state index in [0.29, 0.717) is 11.8 Å². The lowest BCUT2D eigenvalue weighted by Gasteiger charge is -2.07. The summed E-state index contributed by atoms with van der Waals surface area (Å²) in [5.41, 5.74) is 0.571. The molecule has 0 fully saturated rings. The molecule has 0 heterocycles. The Morgan fingerprint density at radius 1 is 1.21 bits per heavy atom. The summed E-state index contributed by atoms with van der Waals surface area (Å²) in [4.78, 5) is 31.9. The number of hydrogen-bond donors (Lipinski definition) is 1. The van der Waals surface area contributed by atoms with E-state index in [9.17, 15) is 14.4 Å². The van der Waals surface area contributed by atoms with Crippen LogP contribution in [0.25, 0.3) is 0 Å². The molecule has 0 bridgehead atoms. The van der Waals surface area contributed by atoms with Crippen LogP contribution in [0.5, 0.6) is 0 Å². The highest BCUT2D eigenvalue weighted by molar-refractivity contribution is 6.01. The molecule has 0 aliphatic rings. The summed E-state index contributed by atoms with van der Waals surface area (Å²) in [6.45, 7) is 0. The molecule has 1 aromatic carbocycles. The highest BCUT2D eigenvalue weighted by Gasteiger charge is 2.18. The second kappa shape index (κ2) is 4.91. The molecule has 0 aliphatic heterocycles. The quantitative estimate of drug-likeness (QED) is 0.547. The second-order valence-electron chi connectivity index (χ2n) is 2.65. The minimum atomic E-state index is -0.915. The Hall–Kier alpha value is -1.97. The molecule has 1 atom stereocenters. The van der Waals surface area contributed by atoms with Gasteiger partial charge in [-0.1, -0.05) is 30.3 Å². The van der Waals surface area contributed by atoms with E-state index in [1.165, 1.54) is 0 Å². The van der Waals surface area contributed by atoms with Gasteiger partial charge in [-0.05, 0) is 5.56 Å². The van der Waals surface area contributed by atoms with Gasteiger partial charge in [0, 0.05) is 0 Å². The first kappa shape index (κ1) is 10.1. The smallest absolute Gasteiger partial charge is 0.241 e. The maximum Gasteiger partial charge on any atom is 0.241 e. The van der Waals surface area contributed by atoms with Crippen molar-refractivity contribution in [2.24, 2.45) is 0 Å². The molecule has 72 valence electrons. The lowest BCUT2D eigenvalue weighted by molar-refractivity contribution is -0.128. The average molecular weight is 191 g/mol. The van der Waals surface area contributed by atoms with Gasteiger partial charge in [-0.3, -0.25) is 14.9 Å². The molecule has 14 heavy (non-hydrogen) atoms. The van der Waals surface area contributed by atoms with Gasteiger partial charge in [-0.15, -0.1) is 0 Å². The topological polar surface area (TPSA) is 63.2 Å². The number of aldehydes is 1. The lowest BCUT2D eigenvalue weighted by Crippen LogP contribution is -2.28. The Labute approximate surface area is 80.9 Å². The lowest BCUT2D eigenvalue weighted by atomic mass is 10.0. The maximum absolute atomic E-state index is 11.2. The number of nitrogens with one attached hydrogen (secondary N) is 1. The van der Waals surface area contributed by atoms with Crippen LogP contribution in [0.15, 0.2) is 30.3 Å². The van der Waals surface area contributed by atoms with E-state index in [1.807, 2.05) is 5.32 Å². The van der Waals surface area contributed by atoms with Crippen molar-refractivity contribution in [1.82, 2.24) is 5.32 Å². The van der Waals surface area contributed by atoms with Gasteiger partial charge in [0.25, 0.3) is 0 Å². The molecule has 1 unspecified atom stereocenters. The average Bonchev–Trinajstić information content (AvgIpc) is 2.21. The Balaban J connectivity index is 2.87. The number of amides is 2. The highest BCUT2D eigenvalue weighted by atomic mass is 16.2. The summed E-state index contributed by atoms with van der Waals surface area (Å²) in [7, 11) is 0. The van der Waals surface area contributed by atoms with Gasteiger partial charge in [0.15, 0.2) is 0 Å². The van der Waals surface area contributed by atoms with Crippen LogP contribution in [0.3, 0.4) is 0 Å². The van der Waals surface area contributed by atoms with Crippen molar-refractivity contribution in [2.45, 2.75) is 5.92 Å². The number of rotatable bonds is 4. The van der Waals surface area contributed by atoms with Crippen LogP contribution in [-0.2, 0) is 14.4 Å². The fraction of sp³-hybridized carbons (Fsp3) is 0.100. The zero-order chi connectivity index (χ0) is 10.4. The fourth-order valence-corrected chi connectivity index (χ4v) is 1.10. The van der Waals surface area contributed by atoms with Gasteiger partial charge in [-0.2, -0.15) is 0 Å². The van der Waals surface area contributed by atoms with Gasteiger partial charge >= 0.3 is 0 Å². The summed E-state index contributed by atoms with van der Waals surface area (Å²) in [6.07, 6.45) is 0.774. The molecule has 0 saturated heterocycles. The highest BCUT2D eigenvalue weighted by Crippen LogP contribution is 2.12. The predicted octanol–water partition coefficient (Wildman–Crippen LogP) is 0.242. The van der Waals surface area contributed by atoms with Gasteiger partial charge < -0.3 is 4.79 Å². The van der Waals surface area contributed by atoms with Crippen LogP contribution >= 0.6 is 0 Å². The van der Waals surface area contributed by atoms with Crippen molar-refractivity contribution in [1.29, 1.82) is 0 Å². The van der Waals surface area contributed by atoms with E-state index in [-0.39, 0.29) is 6.41 Å². The Bertz CT molecular complexity index is 334. The van der Waals surface area contributed by atoms with Crippen molar-refractivity contribution in [3.8, 4) is 0 Å². The molecule has 1 N–H and O–H groups in total. The first-order valence-electron chi connectivity index (χ1n) is 4.04. The molecule has 0 spiro atoms. The van der Waals surface area contributed by atoms with Crippen LogP contribution in [0.2, 0.25) is 0 Å². The molecule has 1 rings (SSSR count). The molecule has 4 heteroatoms. The summed E-state index contributed by atoms with van der Waals surface area (Å²) in [5, 5.41) is 1.94. The molecular formula is C10H9NO3. The van der Waals surface area contributed by atoms with Crippen LogP contribution in [-0.4, -0.2) is 18.6 Å². The minimum Gasteiger partial charge on any atom is -0.302 e. The van der Waals surface area contributed by atoms with Crippen molar-refractivity contribution in [2.75, 3.05) is 0 Å². The number of hydrogen-bond acceptors (Lipinski definition) is 3. The van der Waals surface area contributed by atoms with Crippen LogP contribution < -0.4 is 5.32 Å². The summed E-state index contributed by atoms with van der Waals surface area (Å²) in [6, 6.07) is 8.54. The standard InChI is InChI=1S/C10H9NO3/c12-6-9(10(14)11-7-13)8-4-2-1-3-5-8/h1-7,9H,(H,11,13,14).